The predicted molar refractivity (Wildman–Crippen MR) is 69.5 cm³/mol. The first-order valence-electron chi connectivity index (χ1n) is 5.81. The van der Waals surface area contributed by atoms with Crippen LogP contribution in [-0.2, 0) is 6.42 Å². The molecule has 2 aromatic rings. The smallest absolute Gasteiger partial charge is 0.134 e. The molecular weight excluding hydrogens is 270 g/mol. The molecule has 0 saturated carbocycles. The molecule has 0 saturated heterocycles. The lowest BCUT2D eigenvalue weighted by Gasteiger charge is -2.17. The van der Waals surface area contributed by atoms with E-state index in [0.717, 1.165) is 11.5 Å². The molecule has 0 fully saturated rings. The summed E-state index contributed by atoms with van der Waals surface area (Å²) < 4.78 is 31.9. The Kier molecular flexibility index (Phi) is 4.18. The maximum absolute atomic E-state index is 14.2. The molecule has 0 radical (unpaired) electrons. The third kappa shape index (κ3) is 2.49. The van der Waals surface area contributed by atoms with Crippen LogP contribution >= 0.6 is 11.5 Å². The van der Waals surface area contributed by atoms with E-state index in [-0.39, 0.29) is 5.56 Å². The Balaban J connectivity index is 2.58. The normalized spacial score (nSPS) is 12.7. The number of hydrogen-bond donors (Lipinski definition) is 2. The summed E-state index contributed by atoms with van der Waals surface area (Å²) >= 11 is 1.09. The molecular formula is C12H14F2N4S. The molecule has 4 nitrogen and oxygen atoms in total. The van der Waals surface area contributed by atoms with Crippen LogP contribution in [0.2, 0.25) is 0 Å². The Morgan fingerprint density at radius 2 is 2.16 bits per heavy atom. The minimum atomic E-state index is -0.783. The SMILES string of the molecule is CCc1nnsc1C(NN)c1c(F)ccc(C)c1F. The number of nitrogens with zero attached hydrogens (tertiary/aromatic N) is 2. The van der Waals surface area contributed by atoms with E-state index < -0.39 is 17.7 Å². The highest BCUT2D eigenvalue weighted by molar-refractivity contribution is 7.05. The largest absolute Gasteiger partial charge is 0.271 e. The Hall–Kier alpha value is -1.44. The number of halogens is 2. The summed E-state index contributed by atoms with van der Waals surface area (Å²) in [5, 5.41) is 3.94. The molecule has 1 aromatic carbocycles. The zero-order valence-electron chi connectivity index (χ0n) is 10.6. The first kappa shape index (κ1) is 14.0. The lowest BCUT2D eigenvalue weighted by molar-refractivity contribution is 0.508. The van der Waals surface area contributed by atoms with Crippen molar-refractivity contribution in [1.82, 2.24) is 15.0 Å². The van der Waals surface area contributed by atoms with Gasteiger partial charge in [-0.15, -0.1) is 5.10 Å². The monoisotopic (exact) mass is 284 g/mol. The zero-order valence-corrected chi connectivity index (χ0v) is 11.4. The van der Waals surface area contributed by atoms with E-state index in [0.29, 0.717) is 22.6 Å². The van der Waals surface area contributed by atoms with Gasteiger partial charge >= 0.3 is 0 Å². The first-order chi connectivity index (χ1) is 9.10. The second-order valence-corrected chi connectivity index (χ2v) is 4.91. The highest BCUT2D eigenvalue weighted by Crippen LogP contribution is 2.31. The van der Waals surface area contributed by atoms with Gasteiger partial charge in [0.2, 0.25) is 0 Å². The molecule has 102 valence electrons. The molecule has 1 aromatic heterocycles. The third-order valence-corrected chi connectivity index (χ3v) is 3.79. The van der Waals surface area contributed by atoms with Crippen molar-refractivity contribution in [1.29, 1.82) is 0 Å². The van der Waals surface area contributed by atoms with Crippen LogP contribution in [0, 0.1) is 18.6 Å². The number of benzene rings is 1. The van der Waals surface area contributed by atoms with Crippen molar-refractivity contribution in [2.24, 2.45) is 5.84 Å². The summed E-state index contributed by atoms with van der Waals surface area (Å²) in [6.07, 6.45) is 0.624. The number of aromatic nitrogens is 2. The Labute approximate surface area is 113 Å². The Morgan fingerprint density at radius 3 is 2.79 bits per heavy atom. The van der Waals surface area contributed by atoms with Crippen molar-refractivity contribution in [3.05, 3.63) is 45.5 Å². The van der Waals surface area contributed by atoms with Crippen LogP contribution in [0.15, 0.2) is 12.1 Å². The van der Waals surface area contributed by atoms with Crippen LogP contribution in [0.4, 0.5) is 8.78 Å². The quantitative estimate of drug-likeness (QED) is 0.667. The van der Waals surface area contributed by atoms with Crippen LogP contribution in [0.5, 0.6) is 0 Å². The molecule has 0 amide bonds. The fraction of sp³-hybridized carbons (Fsp3) is 0.333. The van der Waals surface area contributed by atoms with E-state index in [4.69, 9.17) is 5.84 Å². The van der Waals surface area contributed by atoms with Crippen LogP contribution in [0.1, 0.15) is 34.7 Å². The van der Waals surface area contributed by atoms with Gasteiger partial charge in [-0.25, -0.2) is 14.2 Å². The van der Waals surface area contributed by atoms with Crippen LogP contribution in [0.25, 0.3) is 0 Å². The number of nitrogens with one attached hydrogen (secondary N) is 1. The van der Waals surface area contributed by atoms with Gasteiger partial charge in [-0.3, -0.25) is 5.84 Å². The van der Waals surface area contributed by atoms with Gasteiger partial charge in [-0.1, -0.05) is 17.5 Å². The molecule has 0 aliphatic carbocycles. The number of hydrogen-bond acceptors (Lipinski definition) is 5. The van der Waals surface area contributed by atoms with E-state index in [2.05, 4.69) is 15.0 Å². The van der Waals surface area contributed by atoms with Crippen molar-refractivity contribution < 1.29 is 8.78 Å². The van der Waals surface area contributed by atoms with Crippen LogP contribution < -0.4 is 11.3 Å². The molecule has 0 bridgehead atoms. The van der Waals surface area contributed by atoms with Crippen LogP contribution in [-0.4, -0.2) is 9.59 Å². The summed E-state index contributed by atoms with van der Waals surface area (Å²) in [4.78, 5) is 0.633. The topological polar surface area (TPSA) is 63.8 Å². The maximum Gasteiger partial charge on any atom is 0.134 e. The highest BCUT2D eigenvalue weighted by atomic mass is 32.1. The van der Waals surface area contributed by atoms with Gasteiger partial charge in [0.05, 0.1) is 16.6 Å². The summed E-state index contributed by atoms with van der Waals surface area (Å²) in [6.45, 7) is 3.48. The summed E-state index contributed by atoms with van der Waals surface area (Å²) in [6, 6.07) is 1.85. The van der Waals surface area contributed by atoms with Gasteiger partial charge in [-0.2, -0.15) is 0 Å². The number of rotatable bonds is 4. The lowest BCUT2D eigenvalue weighted by Crippen LogP contribution is -2.30. The fourth-order valence-corrected chi connectivity index (χ4v) is 2.72. The standard InChI is InChI=1S/C12H14F2N4S/c1-3-8-12(19-18-17-8)11(16-15)9-7(13)5-4-6(2)10(9)14/h4-5,11,16H,3,15H2,1-2H3. The molecule has 1 unspecified atom stereocenters. The minimum absolute atomic E-state index is 0.0942. The average molecular weight is 284 g/mol. The van der Waals surface area contributed by atoms with Gasteiger partial charge < -0.3 is 0 Å². The third-order valence-electron chi connectivity index (χ3n) is 2.96. The number of hydrazine groups is 1. The lowest BCUT2D eigenvalue weighted by atomic mass is 10.0. The predicted octanol–water partition coefficient (Wildman–Crippen LogP) is 2.24. The van der Waals surface area contributed by atoms with E-state index in [1.807, 2.05) is 6.92 Å². The van der Waals surface area contributed by atoms with Gasteiger partial charge in [-0.05, 0) is 36.5 Å². The summed E-state index contributed by atoms with van der Waals surface area (Å²) in [5.41, 5.74) is 3.42. The van der Waals surface area contributed by atoms with E-state index in [1.165, 1.54) is 12.1 Å². The molecule has 7 heteroatoms. The van der Waals surface area contributed by atoms with Crippen molar-refractivity contribution in [2.45, 2.75) is 26.3 Å². The van der Waals surface area contributed by atoms with Gasteiger partial charge in [0, 0.05) is 5.56 Å². The van der Waals surface area contributed by atoms with Gasteiger partial charge in [0.1, 0.15) is 11.6 Å². The highest BCUT2D eigenvalue weighted by Gasteiger charge is 2.26. The molecule has 0 aliphatic heterocycles. The molecule has 19 heavy (non-hydrogen) atoms. The Bertz CT molecular complexity index is 585. The van der Waals surface area contributed by atoms with E-state index >= 15 is 0 Å². The fourth-order valence-electron chi connectivity index (χ4n) is 1.91. The zero-order chi connectivity index (χ0) is 14.0. The van der Waals surface area contributed by atoms with Crippen LogP contribution in [0.3, 0.4) is 0 Å². The van der Waals surface area contributed by atoms with E-state index in [1.54, 1.807) is 6.92 Å². The summed E-state index contributed by atoms with van der Waals surface area (Å²) in [7, 11) is 0. The van der Waals surface area contributed by atoms with Crippen molar-refractivity contribution >= 4 is 11.5 Å². The second-order valence-electron chi connectivity index (χ2n) is 4.13. The van der Waals surface area contributed by atoms with Gasteiger partial charge in [0.15, 0.2) is 0 Å². The van der Waals surface area contributed by atoms with Gasteiger partial charge in [0.25, 0.3) is 0 Å². The second kappa shape index (κ2) is 5.68. The molecule has 1 atom stereocenters. The molecule has 3 N–H and O–H groups in total. The molecule has 0 spiro atoms. The Morgan fingerprint density at radius 1 is 1.42 bits per heavy atom. The van der Waals surface area contributed by atoms with Crippen molar-refractivity contribution in [3.63, 3.8) is 0 Å². The molecule has 0 aliphatic rings. The number of aryl methyl sites for hydroxylation is 2. The molecule has 2 rings (SSSR count). The minimum Gasteiger partial charge on any atom is -0.271 e. The average Bonchev–Trinajstić information content (AvgIpc) is 2.87. The number of nitrogens with two attached hydrogens (primary N) is 1. The van der Waals surface area contributed by atoms with E-state index in [9.17, 15) is 8.78 Å². The molecule has 1 heterocycles. The van der Waals surface area contributed by atoms with Crippen molar-refractivity contribution in [3.8, 4) is 0 Å². The maximum atomic E-state index is 14.2. The van der Waals surface area contributed by atoms with Crippen molar-refractivity contribution in [2.75, 3.05) is 0 Å². The first-order valence-corrected chi connectivity index (χ1v) is 6.59. The summed E-state index contributed by atoms with van der Waals surface area (Å²) in [5.74, 6) is 4.24.